The van der Waals surface area contributed by atoms with Crippen molar-refractivity contribution in [2.45, 2.75) is 0 Å². The first-order valence-corrected chi connectivity index (χ1v) is 7.47. The smallest absolute Gasteiger partial charge is 0.255 e. The first-order valence-electron chi connectivity index (χ1n) is 6.01. The maximum absolute atomic E-state index is 12.1. The van der Waals surface area contributed by atoms with Gasteiger partial charge in [-0.3, -0.25) is 4.79 Å². The van der Waals surface area contributed by atoms with Crippen LogP contribution in [-0.4, -0.2) is 20.0 Å². The fraction of sp³-hybridized carbons (Fsp3) is 0.133. The molecule has 1 amide bonds. The molecule has 0 fully saturated rings. The summed E-state index contributed by atoms with van der Waals surface area (Å²) in [6.07, 6.45) is 0. The zero-order chi connectivity index (χ0) is 14.7. The Hall–Kier alpha value is -1.27. The Morgan fingerprint density at radius 2 is 1.95 bits per heavy atom. The zero-order valence-electron chi connectivity index (χ0n) is 11.2. The molecule has 5 heteroatoms. The highest BCUT2D eigenvalue weighted by atomic mass is 127. The predicted octanol–water partition coefficient (Wildman–Crippen LogP) is 4.26. The average molecular weight is 401 g/mol. The molecule has 0 unspecified atom stereocenters. The number of nitrogens with one attached hydrogen (secondary N) is 1. The van der Waals surface area contributed by atoms with Gasteiger partial charge in [0.25, 0.3) is 5.91 Å². The van der Waals surface area contributed by atoms with Crippen LogP contribution in [0.3, 0.4) is 0 Å². The molecule has 0 radical (unpaired) electrons. The van der Waals surface area contributed by atoms with Gasteiger partial charge in [-0.05, 0) is 59.0 Å². The van der Waals surface area contributed by atoms with E-state index in [4.69, 9.17) is 11.6 Å². The van der Waals surface area contributed by atoms with Crippen molar-refractivity contribution < 1.29 is 4.79 Å². The van der Waals surface area contributed by atoms with Crippen LogP contribution in [0.1, 0.15) is 10.4 Å². The number of amides is 1. The van der Waals surface area contributed by atoms with Crippen LogP contribution in [0.5, 0.6) is 0 Å². The molecule has 0 saturated heterocycles. The van der Waals surface area contributed by atoms with E-state index in [1.807, 2.05) is 49.3 Å². The molecule has 0 atom stereocenters. The standard InChI is InChI=1S/C15H14ClIN2O/c1-19(2)14-7-6-12(9-13(14)16)18-15(20)10-4-3-5-11(17)8-10/h3-9H,1-2H3,(H,18,20). The first-order chi connectivity index (χ1) is 9.47. The van der Waals surface area contributed by atoms with Crippen LogP contribution in [0.4, 0.5) is 11.4 Å². The Morgan fingerprint density at radius 3 is 2.55 bits per heavy atom. The largest absolute Gasteiger partial charge is 0.376 e. The molecule has 0 aliphatic rings. The minimum Gasteiger partial charge on any atom is -0.376 e. The molecule has 0 aromatic heterocycles. The molecule has 104 valence electrons. The number of nitrogens with zero attached hydrogens (tertiary/aromatic N) is 1. The Balaban J connectivity index is 2.18. The van der Waals surface area contributed by atoms with Crippen molar-refractivity contribution in [3.63, 3.8) is 0 Å². The van der Waals surface area contributed by atoms with Gasteiger partial charge in [0, 0.05) is 28.9 Å². The van der Waals surface area contributed by atoms with E-state index >= 15 is 0 Å². The fourth-order valence-electron chi connectivity index (χ4n) is 1.78. The molecular weight excluding hydrogens is 387 g/mol. The predicted molar refractivity (Wildman–Crippen MR) is 92.9 cm³/mol. The van der Waals surface area contributed by atoms with E-state index in [0.717, 1.165) is 9.26 Å². The second-order valence-corrected chi connectivity index (χ2v) is 6.18. The second-order valence-electron chi connectivity index (χ2n) is 4.53. The molecule has 0 aliphatic heterocycles. The molecule has 2 aromatic carbocycles. The maximum atomic E-state index is 12.1. The number of hydrogen-bond donors (Lipinski definition) is 1. The summed E-state index contributed by atoms with van der Waals surface area (Å²) in [7, 11) is 3.84. The molecule has 0 saturated carbocycles. The summed E-state index contributed by atoms with van der Waals surface area (Å²) in [6, 6.07) is 12.9. The highest BCUT2D eigenvalue weighted by molar-refractivity contribution is 14.1. The summed E-state index contributed by atoms with van der Waals surface area (Å²) in [5.41, 5.74) is 2.23. The van der Waals surface area contributed by atoms with E-state index in [1.54, 1.807) is 12.1 Å². The van der Waals surface area contributed by atoms with Gasteiger partial charge in [0.15, 0.2) is 0 Å². The van der Waals surface area contributed by atoms with Gasteiger partial charge < -0.3 is 10.2 Å². The van der Waals surface area contributed by atoms with Gasteiger partial charge in [0.2, 0.25) is 0 Å². The lowest BCUT2D eigenvalue weighted by Crippen LogP contribution is -2.13. The number of carbonyl (C=O) groups excluding carboxylic acids is 1. The lowest BCUT2D eigenvalue weighted by molar-refractivity contribution is 0.102. The molecule has 0 bridgehead atoms. The molecule has 20 heavy (non-hydrogen) atoms. The first kappa shape index (κ1) is 15.1. The average Bonchev–Trinajstić information content (AvgIpc) is 2.38. The van der Waals surface area contributed by atoms with Crippen LogP contribution >= 0.6 is 34.2 Å². The maximum Gasteiger partial charge on any atom is 0.255 e. The highest BCUT2D eigenvalue weighted by Gasteiger charge is 2.08. The minimum atomic E-state index is -0.141. The van der Waals surface area contributed by atoms with Crippen LogP contribution in [0, 0.1) is 3.57 Å². The third-order valence-electron chi connectivity index (χ3n) is 2.77. The molecule has 3 nitrogen and oxygen atoms in total. The third-order valence-corrected chi connectivity index (χ3v) is 3.75. The Bertz CT molecular complexity index is 644. The number of anilines is 2. The summed E-state index contributed by atoms with van der Waals surface area (Å²) < 4.78 is 1.02. The molecule has 0 spiro atoms. The second kappa shape index (κ2) is 6.45. The van der Waals surface area contributed by atoms with Crippen LogP contribution in [0.15, 0.2) is 42.5 Å². The molecule has 0 heterocycles. The quantitative estimate of drug-likeness (QED) is 0.781. The Kier molecular flexibility index (Phi) is 4.88. The summed E-state index contributed by atoms with van der Waals surface area (Å²) in [6.45, 7) is 0. The van der Waals surface area contributed by atoms with Gasteiger partial charge in [-0.1, -0.05) is 17.7 Å². The SMILES string of the molecule is CN(C)c1ccc(NC(=O)c2cccc(I)c2)cc1Cl. The number of hydrogen-bond acceptors (Lipinski definition) is 2. The molecular formula is C15H14ClIN2O. The van der Waals surface area contributed by atoms with E-state index in [1.165, 1.54) is 0 Å². The highest BCUT2D eigenvalue weighted by Crippen LogP contribution is 2.27. The lowest BCUT2D eigenvalue weighted by Gasteiger charge is -2.15. The minimum absolute atomic E-state index is 0.141. The van der Waals surface area contributed by atoms with Crippen molar-refractivity contribution >= 4 is 51.5 Å². The monoisotopic (exact) mass is 400 g/mol. The van der Waals surface area contributed by atoms with Gasteiger partial charge in [-0.2, -0.15) is 0 Å². The normalized spacial score (nSPS) is 10.2. The number of rotatable bonds is 3. The molecule has 2 aromatic rings. The zero-order valence-corrected chi connectivity index (χ0v) is 14.1. The van der Waals surface area contributed by atoms with E-state index in [-0.39, 0.29) is 5.91 Å². The van der Waals surface area contributed by atoms with Crippen molar-refractivity contribution in [1.29, 1.82) is 0 Å². The number of carbonyl (C=O) groups is 1. The molecule has 1 N–H and O–H groups in total. The van der Waals surface area contributed by atoms with Crippen LogP contribution < -0.4 is 10.2 Å². The van der Waals surface area contributed by atoms with Gasteiger partial charge in [0.05, 0.1) is 10.7 Å². The van der Waals surface area contributed by atoms with E-state index in [2.05, 4.69) is 27.9 Å². The van der Waals surface area contributed by atoms with Crippen molar-refractivity contribution in [3.8, 4) is 0 Å². The van der Waals surface area contributed by atoms with E-state index in [9.17, 15) is 4.79 Å². The van der Waals surface area contributed by atoms with Crippen molar-refractivity contribution in [2.24, 2.45) is 0 Å². The number of benzene rings is 2. The van der Waals surface area contributed by atoms with Crippen molar-refractivity contribution in [3.05, 3.63) is 56.6 Å². The van der Waals surface area contributed by atoms with Gasteiger partial charge in [0.1, 0.15) is 0 Å². The van der Waals surface area contributed by atoms with Gasteiger partial charge in [-0.15, -0.1) is 0 Å². The summed E-state index contributed by atoms with van der Waals surface area (Å²) >= 11 is 8.36. The van der Waals surface area contributed by atoms with Crippen LogP contribution in [0.25, 0.3) is 0 Å². The molecule has 0 aliphatic carbocycles. The third kappa shape index (κ3) is 3.64. The Labute approximate surface area is 137 Å². The van der Waals surface area contributed by atoms with E-state index in [0.29, 0.717) is 16.3 Å². The summed E-state index contributed by atoms with van der Waals surface area (Å²) in [5, 5.41) is 3.45. The fourth-order valence-corrected chi connectivity index (χ4v) is 2.67. The van der Waals surface area contributed by atoms with Crippen molar-refractivity contribution in [1.82, 2.24) is 0 Å². The lowest BCUT2D eigenvalue weighted by atomic mass is 10.2. The summed E-state index contributed by atoms with van der Waals surface area (Å²) in [5.74, 6) is -0.141. The molecule has 2 rings (SSSR count). The summed E-state index contributed by atoms with van der Waals surface area (Å²) in [4.78, 5) is 14.1. The topological polar surface area (TPSA) is 32.3 Å². The van der Waals surface area contributed by atoms with Crippen LogP contribution in [-0.2, 0) is 0 Å². The Morgan fingerprint density at radius 1 is 1.20 bits per heavy atom. The van der Waals surface area contributed by atoms with Gasteiger partial charge >= 0.3 is 0 Å². The van der Waals surface area contributed by atoms with Crippen LogP contribution in [0.2, 0.25) is 5.02 Å². The number of halogens is 2. The van der Waals surface area contributed by atoms with E-state index < -0.39 is 0 Å². The van der Waals surface area contributed by atoms with Gasteiger partial charge in [-0.25, -0.2) is 0 Å². The van der Waals surface area contributed by atoms with Crippen molar-refractivity contribution in [2.75, 3.05) is 24.3 Å².